The molecule has 0 amide bonds. The Labute approximate surface area is 114 Å². The topological polar surface area (TPSA) is 32.3 Å². The van der Waals surface area contributed by atoms with E-state index in [1.807, 2.05) is 0 Å². The van der Waals surface area contributed by atoms with Gasteiger partial charge >= 0.3 is 0 Å². The normalized spacial score (nSPS) is 10.7. The largest absolute Gasteiger partial charge is 0.508 e. The molecule has 0 unspecified atom stereocenters. The van der Waals surface area contributed by atoms with Gasteiger partial charge < -0.3 is 10.4 Å². The first-order valence-electron chi connectivity index (χ1n) is 5.69. The second-order valence-corrected chi connectivity index (χ2v) is 4.48. The number of phenols is 1. The van der Waals surface area contributed by atoms with E-state index in [-0.39, 0.29) is 24.4 Å². The van der Waals surface area contributed by atoms with E-state index in [2.05, 4.69) is 5.32 Å². The minimum Gasteiger partial charge on any atom is -0.508 e. The number of aromatic hydroxyl groups is 1. The predicted octanol–water partition coefficient (Wildman–Crippen LogP) is 3.61. The summed E-state index contributed by atoms with van der Waals surface area (Å²) in [6, 6.07) is 8.09. The van der Waals surface area contributed by atoms with Crippen molar-refractivity contribution in [2.24, 2.45) is 0 Å². The molecule has 2 nitrogen and oxygen atoms in total. The molecule has 0 radical (unpaired) electrons. The molecule has 0 bridgehead atoms. The van der Waals surface area contributed by atoms with E-state index in [4.69, 9.17) is 11.6 Å². The third-order valence-corrected chi connectivity index (χ3v) is 3.07. The van der Waals surface area contributed by atoms with Crippen LogP contribution in [0.25, 0.3) is 0 Å². The Hall–Kier alpha value is -1.65. The van der Waals surface area contributed by atoms with E-state index in [0.29, 0.717) is 10.6 Å². The molecule has 2 aromatic carbocycles. The zero-order valence-corrected chi connectivity index (χ0v) is 10.7. The summed E-state index contributed by atoms with van der Waals surface area (Å²) in [5.41, 5.74) is 0.757. The second kappa shape index (κ2) is 5.99. The number of hydrogen-bond acceptors (Lipinski definition) is 2. The first-order chi connectivity index (χ1) is 9.08. The lowest BCUT2D eigenvalue weighted by atomic mass is 10.1. The molecule has 0 fully saturated rings. The van der Waals surface area contributed by atoms with E-state index in [1.54, 1.807) is 12.1 Å². The Morgan fingerprint density at radius 2 is 1.89 bits per heavy atom. The molecule has 19 heavy (non-hydrogen) atoms. The van der Waals surface area contributed by atoms with E-state index >= 15 is 0 Å². The predicted molar refractivity (Wildman–Crippen MR) is 70.0 cm³/mol. The fourth-order valence-electron chi connectivity index (χ4n) is 1.72. The highest BCUT2D eigenvalue weighted by molar-refractivity contribution is 6.31. The van der Waals surface area contributed by atoms with Crippen molar-refractivity contribution in [2.75, 3.05) is 0 Å². The molecule has 0 aliphatic rings. The van der Waals surface area contributed by atoms with Gasteiger partial charge in [0.15, 0.2) is 0 Å². The van der Waals surface area contributed by atoms with Gasteiger partial charge in [0.2, 0.25) is 0 Å². The van der Waals surface area contributed by atoms with Crippen LogP contribution in [0.4, 0.5) is 8.78 Å². The molecule has 0 atom stereocenters. The summed E-state index contributed by atoms with van der Waals surface area (Å²) in [7, 11) is 0. The van der Waals surface area contributed by atoms with Gasteiger partial charge in [-0.15, -0.1) is 0 Å². The minimum atomic E-state index is -0.487. The molecular weight excluding hydrogens is 272 g/mol. The van der Waals surface area contributed by atoms with Crippen LogP contribution in [-0.4, -0.2) is 5.11 Å². The van der Waals surface area contributed by atoms with E-state index in [1.165, 1.54) is 6.07 Å². The highest BCUT2D eigenvalue weighted by Gasteiger charge is 2.07. The zero-order chi connectivity index (χ0) is 13.8. The average molecular weight is 284 g/mol. The summed E-state index contributed by atoms with van der Waals surface area (Å²) in [6.07, 6.45) is 0. The van der Waals surface area contributed by atoms with Gasteiger partial charge in [-0.25, -0.2) is 8.78 Å². The van der Waals surface area contributed by atoms with E-state index in [9.17, 15) is 13.9 Å². The number of hydrogen-bond donors (Lipinski definition) is 2. The molecule has 2 N–H and O–H groups in total. The van der Waals surface area contributed by atoms with Crippen LogP contribution in [0, 0.1) is 11.6 Å². The smallest absolute Gasteiger partial charge is 0.127 e. The first kappa shape index (κ1) is 13.8. The summed E-state index contributed by atoms with van der Waals surface area (Å²) in [6.45, 7) is 0.412. The highest BCUT2D eigenvalue weighted by Crippen LogP contribution is 2.24. The zero-order valence-electron chi connectivity index (χ0n) is 9.96. The van der Waals surface area contributed by atoms with Crippen molar-refractivity contribution >= 4 is 11.6 Å². The summed E-state index contributed by atoms with van der Waals surface area (Å²) < 4.78 is 26.3. The van der Waals surface area contributed by atoms with Crippen molar-refractivity contribution in [3.05, 3.63) is 64.2 Å². The van der Waals surface area contributed by atoms with Crippen LogP contribution >= 0.6 is 11.6 Å². The number of halogens is 3. The number of benzene rings is 2. The van der Waals surface area contributed by atoms with Gasteiger partial charge in [-0.3, -0.25) is 0 Å². The third kappa shape index (κ3) is 3.43. The van der Waals surface area contributed by atoms with Crippen molar-refractivity contribution < 1.29 is 13.9 Å². The number of rotatable bonds is 4. The SMILES string of the molecule is Oc1cccc(Cl)c1CNCc1cc(F)ccc1F. The van der Waals surface area contributed by atoms with Crippen molar-refractivity contribution in [3.8, 4) is 5.75 Å². The average Bonchev–Trinajstić information content (AvgIpc) is 2.37. The molecule has 5 heteroatoms. The van der Waals surface area contributed by atoms with Crippen LogP contribution in [0.2, 0.25) is 5.02 Å². The summed E-state index contributed by atoms with van der Waals surface area (Å²) >= 11 is 5.93. The first-order valence-corrected chi connectivity index (χ1v) is 6.06. The van der Waals surface area contributed by atoms with Crippen molar-refractivity contribution in [1.29, 1.82) is 0 Å². The maximum atomic E-state index is 13.4. The quantitative estimate of drug-likeness (QED) is 0.898. The van der Waals surface area contributed by atoms with Crippen LogP contribution in [0.3, 0.4) is 0 Å². The van der Waals surface area contributed by atoms with Crippen LogP contribution < -0.4 is 5.32 Å². The van der Waals surface area contributed by atoms with Crippen LogP contribution in [0.1, 0.15) is 11.1 Å². The lowest BCUT2D eigenvalue weighted by molar-refractivity contribution is 0.464. The Kier molecular flexibility index (Phi) is 4.35. The molecule has 2 aromatic rings. The lowest BCUT2D eigenvalue weighted by Crippen LogP contribution is -2.14. The van der Waals surface area contributed by atoms with E-state index < -0.39 is 11.6 Å². The van der Waals surface area contributed by atoms with Gasteiger partial charge in [0.25, 0.3) is 0 Å². The second-order valence-electron chi connectivity index (χ2n) is 4.08. The summed E-state index contributed by atoms with van der Waals surface area (Å²) in [5.74, 6) is -0.893. The van der Waals surface area contributed by atoms with Crippen molar-refractivity contribution in [3.63, 3.8) is 0 Å². The molecule has 0 heterocycles. The molecule has 0 aliphatic heterocycles. The van der Waals surface area contributed by atoms with Crippen LogP contribution in [0.5, 0.6) is 5.75 Å². The molecule has 100 valence electrons. The minimum absolute atomic E-state index is 0.0692. The monoisotopic (exact) mass is 283 g/mol. The van der Waals surface area contributed by atoms with Crippen LogP contribution in [0.15, 0.2) is 36.4 Å². The van der Waals surface area contributed by atoms with Crippen molar-refractivity contribution in [2.45, 2.75) is 13.1 Å². The Morgan fingerprint density at radius 3 is 2.63 bits per heavy atom. The fraction of sp³-hybridized carbons (Fsp3) is 0.143. The van der Waals surface area contributed by atoms with Crippen molar-refractivity contribution in [1.82, 2.24) is 5.32 Å². The Bertz CT molecular complexity index is 569. The summed E-state index contributed by atoms with van der Waals surface area (Å²) in [5, 5.41) is 13.0. The molecule has 0 spiro atoms. The molecule has 0 aromatic heterocycles. The van der Waals surface area contributed by atoms with Gasteiger partial charge in [-0.05, 0) is 30.3 Å². The molecule has 0 saturated carbocycles. The number of phenolic OH excluding ortho intramolecular Hbond substituents is 1. The maximum absolute atomic E-state index is 13.4. The fourth-order valence-corrected chi connectivity index (χ4v) is 1.96. The molecular formula is C14H12ClF2NO. The van der Waals surface area contributed by atoms with Gasteiger partial charge in [0, 0.05) is 29.2 Å². The molecule has 0 aliphatic carbocycles. The number of nitrogens with one attached hydrogen (secondary N) is 1. The molecule has 2 rings (SSSR count). The third-order valence-electron chi connectivity index (χ3n) is 2.72. The van der Waals surface area contributed by atoms with E-state index in [0.717, 1.165) is 18.2 Å². The van der Waals surface area contributed by atoms with Gasteiger partial charge in [-0.2, -0.15) is 0 Å². The maximum Gasteiger partial charge on any atom is 0.127 e. The highest BCUT2D eigenvalue weighted by atomic mass is 35.5. The Morgan fingerprint density at radius 1 is 1.11 bits per heavy atom. The standard InChI is InChI=1S/C14H12ClF2NO/c15-12-2-1-3-14(19)11(12)8-18-7-9-6-10(16)4-5-13(9)17/h1-6,18-19H,7-8H2. The van der Waals surface area contributed by atoms with Gasteiger partial charge in [0.05, 0.1) is 0 Å². The Balaban J connectivity index is 2.02. The van der Waals surface area contributed by atoms with Crippen LogP contribution in [-0.2, 0) is 13.1 Å². The lowest BCUT2D eigenvalue weighted by Gasteiger charge is -2.09. The molecule has 0 saturated heterocycles. The summed E-state index contributed by atoms with van der Waals surface area (Å²) in [4.78, 5) is 0. The van der Waals surface area contributed by atoms with Gasteiger partial charge in [0.1, 0.15) is 17.4 Å². The van der Waals surface area contributed by atoms with Gasteiger partial charge in [-0.1, -0.05) is 17.7 Å².